The summed E-state index contributed by atoms with van der Waals surface area (Å²) in [4.78, 5) is 22.2. The van der Waals surface area contributed by atoms with E-state index in [1.807, 2.05) is 0 Å². The van der Waals surface area contributed by atoms with Gasteiger partial charge in [-0.2, -0.15) is 8.42 Å². The van der Waals surface area contributed by atoms with E-state index in [-0.39, 0.29) is 17.9 Å². The second-order valence-electron chi connectivity index (χ2n) is 3.50. The molecule has 110 valence electrons. The van der Waals surface area contributed by atoms with Crippen LogP contribution in [0.25, 0.3) is 0 Å². The number of anilines is 1. The van der Waals surface area contributed by atoms with E-state index in [0.717, 1.165) is 7.11 Å². The summed E-state index contributed by atoms with van der Waals surface area (Å²) in [7, 11) is -3.04. The molecule has 1 aromatic carbocycles. The molecule has 1 aromatic rings. The van der Waals surface area contributed by atoms with Crippen molar-refractivity contribution in [3.63, 3.8) is 0 Å². The number of nitrogens with one attached hydrogen (secondary N) is 2. The zero-order chi connectivity index (χ0) is 15.2. The van der Waals surface area contributed by atoms with Gasteiger partial charge in [0.15, 0.2) is 0 Å². The first-order valence-corrected chi connectivity index (χ1v) is 7.02. The number of esters is 1. The van der Waals surface area contributed by atoms with Crippen LogP contribution in [0.1, 0.15) is 17.3 Å². The van der Waals surface area contributed by atoms with Crippen LogP contribution >= 0.6 is 0 Å². The van der Waals surface area contributed by atoms with Crippen molar-refractivity contribution in [2.45, 2.75) is 6.92 Å². The largest absolute Gasteiger partial charge is 0.462 e. The second-order valence-corrected chi connectivity index (χ2v) is 4.91. The maximum atomic E-state index is 11.5. The van der Waals surface area contributed by atoms with Gasteiger partial charge in [-0.3, -0.25) is 4.72 Å². The summed E-state index contributed by atoms with van der Waals surface area (Å²) in [6.45, 7) is 1.93. The van der Waals surface area contributed by atoms with Gasteiger partial charge in [0.1, 0.15) is 0 Å². The average molecular weight is 302 g/mol. The lowest BCUT2D eigenvalue weighted by molar-refractivity contribution is 0.0526. The number of hydrogen-bond donors (Lipinski definition) is 2. The quantitative estimate of drug-likeness (QED) is 0.781. The topological polar surface area (TPSA) is 111 Å². The molecule has 0 heterocycles. The van der Waals surface area contributed by atoms with E-state index in [1.54, 1.807) is 11.6 Å². The molecule has 0 aliphatic carbocycles. The Bertz CT molecular complexity index is 581. The third kappa shape index (κ3) is 4.76. The molecule has 20 heavy (non-hydrogen) atoms. The first kappa shape index (κ1) is 15.8. The number of amides is 1. The van der Waals surface area contributed by atoms with Crippen LogP contribution in [-0.2, 0) is 19.7 Å². The van der Waals surface area contributed by atoms with Gasteiger partial charge < -0.3 is 9.47 Å². The predicted octanol–water partition coefficient (Wildman–Crippen LogP) is 0.876. The minimum atomic E-state index is -4.08. The van der Waals surface area contributed by atoms with Crippen molar-refractivity contribution in [3.8, 4) is 0 Å². The summed E-state index contributed by atoms with van der Waals surface area (Å²) in [5.41, 5.74) is 0.463. The molecule has 0 radical (unpaired) electrons. The SMILES string of the molecule is CCOC(=O)c1ccc(NS(=O)(=O)NC(=O)OC)cc1. The minimum absolute atomic E-state index is 0.175. The molecule has 9 heteroatoms. The molecular formula is C11H14N2O6S. The molecule has 0 atom stereocenters. The summed E-state index contributed by atoms with van der Waals surface area (Å²) in [5, 5.41) is 0. The number of carbonyl (C=O) groups is 2. The van der Waals surface area contributed by atoms with Gasteiger partial charge in [-0.05, 0) is 31.2 Å². The van der Waals surface area contributed by atoms with Crippen LogP contribution in [0.2, 0.25) is 0 Å². The second kappa shape index (κ2) is 6.75. The molecular weight excluding hydrogens is 288 g/mol. The van der Waals surface area contributed by atoms with E-state index in [9.17, 15) is 18.0 Å². The van der Waals surface area contributed by atoms with Crippen LogP contribution in [0.5, 0.6) is 0 Å². The standard InChI is InChI=1S/C11H14N2O6S/c1-3-19-10(14)8-4-6-9(7-5-8)12-20(16,17)13-11(15)18-2/h4-7,12H,3H2,1-2H3,(H,13,15). The molecule has 0 bridgehead atoms. The zero-order valence-corrected chi connectivity index (χ0v) is 11.7. The Morgan fingerprint density at radius 1 is 1.20 bits per heavy atom. The third-order valence-electron chi connectivity index (χ3n) is 2.05. The van der Waals surface area contributed by atoms with Gasteiger partial charge in [0.2, 0.25) is 0 Å². The first-order chi connectivity index (χ1) is 9.38. The monoisotopic (exact) mass is 302 g/mol. The van der Waals surface area contributed by atoms with E-state index in [4.69, 9.17) is 4.74 Å². The lowest BCUT2D eigenvalue weighted by atomic mass is 10.2. The van der Waals surface area contributed by atoms with E-state index in [1.165, 1.54) is 24.3 Å². The summed E-state index contributed by atoms with van der Waals surface area (Å²) in [5.74, 6) is -0.505. The smallest absolute Gasteiger partial charge is 0.422 e. The van der Waals surface area contributed by atoms with Crippen LogP contribution < -0.4 is 9.44 Å². The molecule has 1 amide bonds. The normalized spacial score (nSPS) is 10.5. The Kier molecular flexibility index (Phi) is 5.32. The zero-order valence-electron chi connectivity index (χ0n) is 10.9. The maximum absolute atomic E-state index is 11.5. The van der Waals surface area contributed by atoms with Crippen LogP contribution in [0.4, 0.5) is 10.5 Å². The lowest BCUT2D eigenvalue weighted by Crippen LogP contribution is -2.35. The van der Waals surface area contributed by atoms with Crippen molar-refractivity contribution >= 4 is 28.0 Å². The Morgan fingerprint density at radius 2 is 1.80 bits per heavy atom. The molecule has 0 fully saturated rings. The number of rotatable bonds is 5. The Labute approximate surface area is 116 Å². The van der Waals surface area contributed by atoms with Crippen molar-refractivity contribution in [3.05, 3.63) is 29.8 Å². The molecule has 0 aromatic heterocycles. The van der Waals surface area contributed by atoms with Gasteiger partial charge in [-0.1, -0.05) is 0 Å². The summed E-state index contributed by atoms with van der Waals surface area (Å²) < 4.78 is 35.6. The first-order valence-electron chi connectivity index (χ1n) is 5.53. The van der Waals surface area contributed by atoms with Gasteiger partial charge in [0.25, 0.3) is 0 Å². The number of benzene rings is 1. The summed E-state index contributed by atoms with van der Waals surface area (Å²) in [6, 6.07) is 5.52. The molecule has 0 aliphatic rings. The average Bonchev–Trinajstić information content (AvgIpc) is 2.38. The van der Waals surface area contributed by atoms with E-state index in [0.29, 0.717) is 0 Å². The van der Waals surface area contributed by atoms with Crippen molar-refractivity contribution < 1.29 is 27.5 Å². The lowest BCUT2D eigenvalue weighted by Gasteiger charge is -2.08. The van der Waals surface area contributed by atoms with E-state index in [2.05, 4.69) is 9.46 Å². The third-order valence-corrected chi connectivity index (χ3v) is 2.99. The Balaban J connectivity index is 2.75. The van der Waals surface area contributed by atoms with Gasteiger partial charge in [0.05, 0.1) is 25.0 Å². The fourth-order valence-corrected chi connectivity index (χ4v) is 2.02. The van der Waals surface area contributed by atoms with Crippen LogP contribution in [0.15, 0.2) is 24.3 Å². The van der Waals surface area contributed by atoms with E-state index < -0.39 is 22.3 Å². The summed E-state index contributed by atoms with van der Waals surface area (Å²) in [6.07, 6.45) is -1.11. The Hall–Kier alpha value is -2.29. The van der Waals surface area contributed by atoms with Gasteiger partial charge >= 0.3 is 22.3 Å². The van der Waals surface area contributed by atoms with Crippen molar-refractivity contribution in [1.29, 1.82) is 0 Å². The molecule has 0 saturated carbocycles. The molecule has 0 aliphatic heterocycles. The number of methoxy groups -OCH3 is 1. The predicted molar refractivity (Wildman–Crippen MR) is 70.5 cm³/mol. The molecule has 1 rings (SSSR count). The fourth-order valence-electron chi connectivity index (χ4n) is 1.22. The molecule has 0 saturated heterocycles. The van der Waals surface area contributed by atoms with Crippen LogP contribution in [0, 0.1) is 0 Å². The van der Waals surface area contributed by atoms with Crippen LogP contribution in [-0.4, -0.2) is 34.2 Å². The van der Waals surface area contributed by atoms with Crippen LogP contribution in [0.3, 0.4) is 0 Å². The van der Waals surface area contributed by atoms with Crippen molar-refractivity contribution in [2.75, 3.05) is 18.4 Å². The number of ether oxygens (including phenoxy) is 2. The highest BCUT2D eigenvalue weighted by molar-refractivity contribution is 7.91. The highest BCUT2D eigenvalue weighted by Crippen LogP contribution is 2.11. The highest BCUT2D eigenvalue weighted by Gasteiger charge is 2.14. The minimum Gasteiger partial charge on any atom is -0.462 e. The molecule has 0 spiro atoms. The molecule has 2 N–H and O–H groups in total. The maximum Gasteiger partial charge on any atom is 0.422 e. The molecule has 0 unspecified atom stereocenters. The number of hydrogen-bond acceptors (Lipinski definition) is 6. The summed E-state index contributed by atoms with van der Waals surface area (Å²) >= 11 is 0. The van der Waals surface area contributed by atoms with Gasteiger partial charge in [0, 0.05) is 0 Å². The van der Waals surface area contributed by atoms with E-state index >= 15 is 0 Å². The Morgan fingerprint density at radius 3 is 2.30 bits per heavy atom. The fraction of sp³-hybridized carbons (Fsp3) is 0.273. The van der Waals surface area contributed by atoms with Gasteiger partial charge in [-0.25, -0.2) is 14.3 Å². The number of carbonyl (C=O) groups excluding carboxylic acids is 2. The van der Waals surface area contributed by atoms with Gasteiger partial charge in [-0.15, -0.1) is 0 Å². The van der Waals surface area contributed by atoms with Crippen molar-refractivity contribution in [1.82, 2.24) is 4.72 Å². The molecule has 8 nitrogen and oxygen atoms in total. The highest BCUT2D eigenvalue weighted by atomic mass is 32.2. The van der Waals surface area contributed by atoms with Crippen molar-refractivity contribution in [2.24, 2.45) is 0 Å².